The fraction of sp³-hybridized carbons (Fsp3) is 0.451. The van der Waals surface area contributed by atoms with E-state index in [1.807, 2.05) is 12.1 Å². The Morgan fingerprint density at radius 3 is 2.46 bits per heavy atom. The molecule has 2 saturated heterocycles. The zero-order valence-corrected chi connectivity index (χ0v) is 42.1. The molecular weight excluding hydrogens is 977 g/mol. The Kier molecular flexibility index (Phi) is 14.3. The largest absolute Gasteiger partial charge is 0.476 e. The predicted octanol–water partition coefficient (Wildman–Crippen LogP) is 9.59. The summed E-state index contributed by atoms with van der Waals surface area (Å²) in [5.41, 5.74) is 2.51. The fourth-order valence-corrected chi connectivity index (χ4v) is 10.9. The monoisotopic (exact) mass is 1030 g/mol. The molecule has 0 bridgehead atoms. The van der Waals surface area contributed by atoms with Gasteiger partial charge in [-0.2, -0.15) is 18.2 Å². The Morgan fingerprint density at radius 1 is 0.986 bits per heavy atom. The second-order valence-electron chi connectivity index (χ2n) is 20.3. The highest BCUT2D eigenvalue weighted by Gasteiger charge is 2.54. The highest BCUT2D eigenvalue weighted by atomic mass is 35.5. The summed E-state index contributed by atoms with van der Waals surface area (Å²) in [5.74, 6) is -2.31. The van der Waals surface area contributed by atoms with E-state index in [2.05, 4.69) is 55.8 Å². The number of carbonyl (C=O) groups excluding carboxylic acids is 1. The van der Waals surface area contributed by atoms with Gasteiger partial charge in [0.2, 0.25) is 5.88 Å². The number of aromatic nitrogens is 2. The second kappa shape index (κ2) is 20.2. The number of sulfonamides is 1. The van der Waals surface area contributed by atoms with Crippen molar-refractivity contribution in [2.75, 3.05) is 87.4 Å². The van der Waals surface area contributed by atoms with Gasteiger partial charge in [-0.25, -0.2) is 13.1 Å². The summed E-state index contributed by atoms with van der Waals surface area (Å²) < 4.78 is 92.1. The van der Waals surface area contributed by atoms with Gasteiger partial charge in [0, 0.05) is 80.1 Å². The zero-order chi connectivity index (χ0) is 51.2. The van der Waals surface area contributed by atoms with Gasteiger partial charge in [-0.3, -0.25) is 19.8 Å². The van der Waals surface area contributed by atoms with E-state index in [0.29, 0.717) is 61.1 Å². The number of benzene rings is 3. The number of nitrogens with one attached hydrogen (secondary N) is 3. The van der Waals surface area contributed by atoms with Gasteiger partial charge in [-0.1, -0.05) is 57.0 Å². The van der Waals surface area contributed by atoms with E-state index in [-0.39, 0.29) is 66.3 Å². The predicted molar refractivity (Wildman–Crippen MR) is 270 cm³/mol. The Hall–Kier alpha value is -5.93. The molecule has 2 aromatic heterocycles. The second-order valence-corrected chi connectivity index (χ2v) is 22.4. The summed E-state index contributed by atoms with van der Waals surface area (Å²) in [6.45, 7) is 10.6. The number of nitro groups is 1. The molecule has 21 heteroatoms. The number of amides is 1. The Labute approximate surface area is 421 Å². The SMILES string of the molecule is CC1(C)CCC(CN2CCN(c3ccc(C(=O)NS(=O)(=O)c4ccc(NC[C@H]5COCCO5)c([N+](=O)[O-])c4)c(N4C[C@@H](C(C)(C)C(F)(F)F)COc5nc6[nH]ccc6cc54)c3)CC2)=C(c2ccc(Cl)cc2)C1. The van der Waals surface area contributed by atoms with Crippen LogP contribution in [0, 0.1) is 26.9 Å². The summed E-state index contributed by atoms with van der Waals surface area (Å²) >= 11 is 6.27. The highest BCUT2D eigenvalue weighted by molar-refractivity contribution is 7.90. The van der Waals surface area contributed by atoms with E-state index in [1.165, 1.54) is 28.8 Å². The topological polar surface area (TPSA) is 185 Å². The highest BCUT2D eigenvalue weighted by Crippen LogP contribution is 2.49. The molecule has 0 radical (unpaired) electrons. The van der Waals surface area contributed by atoms with Crippen molar-refractivity contribution in [3.05, 3.63) is 111 Å². The quantitative estimate of drug-likeness (QED) is 0.0749. The lowest BCUT2D eigenvalue weighted by Crippen LogP contribution is -2.47. The third-order valence-corrected chi connectivity index (χ3v) is 16.1. The number of pyridine rings is 1. The van der Waals surface area contributed by atoms with Crippen molar-refractivity contribution in [2.45, 2.75) is 64.1 Å². The Bertz CT molecular complexity index is 2990. The molecule has 3 aliphatic heterocycles. The van der Waals surface area contributed by atoms with Crippen LogP contribution < -0.4 is 24.6 Å². The van der Waals surface area contributed by atoms with Crippen LogP contribution in [0.2, 0.25) is 5.02 Å². The van der Waals surface area contributed by atoms with E-state index < -0.39 is 48.9 Å². The van der Waals surface area contributed by atoms with Gasteiger partial charge in [0.25, 0.3) is 21.6 Å². The van der Waals surface area contributed by atoms with Gasteiger partial charge in [-0.05, 0) is 90.4 Å². The van der Waals surface area contributed by atoms with Crippen LogP contribution in [0.1, 0.15) is 62.9 Å². The van der Waals surface area contributed by atoms with E-state index >= 15 is 0 Å². The van der Waals surface area contributed by atoms with E-state index in [9.17, 15) is 36.5 Å². The molecule has 0 unspecified atom stereocenters. The van der Waals surface area contributed by atoms with Crippen LogP contribution in [0.4, 0.5) is 41.6 Å². The molecule has 16 nitrogen and oxygen atoms in total. The van der Waals surface area contributed by atoms with Crippen molar-refractivity contribution < 1.29 is 45.5 Å². The molecule has 9 rings (SSSR count). The molecule has 3 N–H and O–H groups in total. The first-order valence-electron chi connectivity index (χ1n) is 24.0. The lowest BCUT2D eigenvalue weighted by atomic mass is 9.72. The van der Waals surface area contributed by atoms with Crippen LogP contribution >= 0.6 is 11.6 Å². The summed E-state index contributed by atoms with van der Waals surface area (Å²) in [6, 6.07) is 19.5. The third-order valence-electron chi connectivity index (χ3n) is 14.5. The number of aromatic amines is 1. The molecule has 5 heterocycles. The maximum Gasteiger partial charge on any atom is 0.394 e. The van der Waals surface area contributed by atoms with Crippen LogP contribution in [0.25, 0.3) is 16.6 Å². The fourth-order valence-electron chi connectivity index (χ4n) is 9.82. The summed E-state index contributed by atoms with van der Waals surface area (Å²) in [6.07, 6.45) is -0.405. The maximum atomic E-state index is 14.9. The van der Waals surface area contributed by atoms with Gasteiger partial charge < -0.3 is 34.3 Å². The first-order valence-corrected chi connectivity index (χ1v) is 25.8. The molecule has 3 aromatic carbocycles. The normalized spacial score (nSPS) is 20.2. The summed E-state index contributed by atoms with van der Waals surface area (Å²) in [7, 11) is -4.80. The van der Waals surface area contributed by atoms with Crippen LogP contribution in [0.15, 0.2) is 89.5 Å². The van der Waals surface area contributed by atoms with Crippen molar-refractivity contribution in [3.8, 4) is 5.88 Å². The minimum absolute atomic E-state index is 0.0189. The average molecular weight is 1040 g/mol. The molecule has 1 aliphatic carbocycles. The molecule has 2 fully saturated rings. The van der Waals surface area contributed by atoms with Crippen LogP contribution in [0.3, 0.4) is 0 Å². The number of allylic oxidation sites excluding steroid dienone is 1. The number of anilines is 4. The van der Waals surface area contributed by atoms with Crippen LogP contribution in [-0.4, -0.2) is 119 Å². The van der Waals surface area contributed by atoms with Crippen molar-refractivity contribution in [1.29, 1.82) is 0 Å². The third kappa shape index (κ3) is 10.9. The van der Waals surface area contributed by atoms with Gasteiger partial charge in [-0.15, -0.1) is 0 Å². The van der Waals surface area contributed by atoms with Crippen LogP contribution in [-0.2, 0) is 19.5 Å². The molecular formula is C51H58ClF3N8O8S. The molecule has 1 amide bonds. The number of H-pyrrole nitrogens is 1. The number of alkyl halides is 3. The number of nitrogens with zero attached hydrogens (tertiary/aromatic N) is 5. The molecule has 5 aromatic rings. The minimum atomic E-state index is -4.80. The lowest BCUT2D eigenvalue weighted by Gasteiger charge is -2.40. The van der Waals surface area contributed by atoms with Gasteiger partial charge in [0.1, 0.15) is 17.0 Å². The lowest BCUT2D eigenvalue weighted by molar-refractivity contribution is -0.384. The molecule has 0 spiro atoms. The first kappa shape index (κ1) is 51.0. The number of hydrogen-bond acceptors (Lipinski definition) is 13. The number of ether oxygens (including phenoxy) is 3. The Balaban J connectivity index is 1.05. The number of carbonyl (C=O) groups is 1. The van der Waals surface area contributed by atoms with Crippen molar-refractivity contribution in [1.82, 2.24) is 19.6 Å². The minimum Gasteiger partial charge on any atom is -0.476 e. The molecule has 0 saturated carbocycles. The number of nitro benzene ring substituents is 1. The average Bonchev–Trinajstić information content (AvgIpc) is 3.72. The number of rotatable bonds is 13. The molecule has 384 valence electrons. The van der Waals surface area contributed by atoms with Gasteiger partial charge in [0.05, 0.1) is 59.0 Å². The number of fused-ring (bicyclic) bond motifs is 2. The summed E-state index contributed by atoms with van der Waals surface area (Å²) in [5, 5.41) is 16.5. The zero-order valence-electron chi connectivity index (χ0n) is 40.5. The standard InChI is InChI=1S/C51H58ClF3N8O8S/c1-49(2)15-13-34(41(26-49)32-5-7-36(52)8-6-32)28-60-17-19-61(20-18-60)37-9-11-40(47(64)59-72(67,68)39-10-12-42(44(25-39)63(65)66)57-27-38-31-69-21-22-70-38)43(24-37)62-29-35(50(3,4)51(53,54)55)30-71-48-45(62)23-33-14-16-56-46(33)58-48/h5-12,14,16,23-25,35,38,57H,13,15,17-22,26-31H2,1-4H3,(H,56,58)(H,59,64)/t35-,38+/m1/s1. The molecule has 4 aliphatic rings. The maximum absolute atomic E-state index is 14.9. The molecule has 2 atom stereocenters. The van der Waals surface area contributed by atoms with E-state index in [1.54, 1.807) is 35.4 Å². The van der Waals surface area contributed by atoms with Crippen LogP contribution in [0.5, 0.6) is 5.88 Å². The van der Waals surface area contributed by atoms with Gasteiger partial charge in [0.15, 0.2) is 0 Å². The van der Waals surface area contributed by atoms with Gasteiger partial charge >= 0.3 is 6.18 Å². The first-order chi connectivity index (χ1) is 34.2. The van der Waals surface area contributed by atoms with Crippen molar-refractivity contribution in [3.63, 3.8) is 0 Å². The van der Waals surface area contributed by atoms with Crippen molar-refractivity contribution in [2.24, 2.45) is 16.7 Å². The molecule has 72 heavy (non-hydrogen) atoms. The van der Waals surface area contributed by atoms with E-state index in [0.717, 1.165) is 51.8 Å². The number of halogens is 4. The van der Waals surface area contributed by atoms with Crippen molar-refractivity contribution >= 4 is 72.6 Å². The number of piperazine rings is 1. The number of hydrogen-bond donors (Lipinski definition) is 3. The smallest absolute Gasteiger partial charge is 0.394 e. The van der Waals surface area contributed by atoms with E-state index in [4.69, 9.17) is 25.8 Å². The summed E-state index contributed by atoms with van der Waals surface area (Å²) in [4.78, 5) is 39.4. The Morgan fingerprint density at radius 2 is 1.75 bits per heavy atom.